The monoisotopic (exact) mass is 516 g/mol. The first kappa shape index (κ1) is 25.4. The van der Waals surface area contributed by atoms with Gasteiger partial charge in [-0.25, -0.2) is 35.7 Å². The third-order valence-corrected chi connectivity index (χ3v) is 5.52. The molecule has 6 nitrogen and oxygen atoms in total. The van der Waals surface area contributed by atoms with E-state index in [0.717, 1.165) is 12.3 Å². The quantitative estimate of drug-likeness (QED) is 0.461. The van der Waals surface area contributed by atoms with E-state index >= 15 is 0 Å². The second-order valence-electron chi connectivity index (χ2n) is 7.40. The smallest absolute Gasteiger partial charge is 0.267 e. The van der Waals surface area contributed by atoms with Crippen molar-refractivity contribution in [3.05, 3.63) is 81.5 Å². The van der Waals surface area contributed by atoms with Crippen LogP contribution in [0.3, 0.4) is 0 Å². The molecule has 1 heterocycles. The number of sulfonamides is 1. The lowest BCUT2D eigenvalue weighted by Gasteiger charge is -2.17. The Morgan fingerprint density at radius 2 is 1.68 bits per heavy atom. The van der Waals surface area contributed by atoms with Crippen molar-refractivity contribution in [2.45, 2.75) is 20.0 Å². The number of aryl methyl sites for hydroxylation is 1. The maximum absolute atomic E-state index is 14.6. The predicted octanol–water partition coefficient (Wildman–Crippen LogP) is 5.10. The van der Waals surface area contributed by atoms with E-state index in [4.69, 9.17) is 16.3 Å². The van der Waals surface area contributed by atoms with E-state index in [1.54, 1.807) is 11.6 Å². The highest BCUT2D eigenvalue weighted by Gasteiger charge is 2.22. The van der Waals surface area contributed by atoms with E-state index in [-0.39, 0.29) is 10.9 Å². The first-order chi connectivity index (χ1) is 15.8. The van der Waals surface area contributed by atoms with E-state index in [1.807, 2.05) is 0 Å². The van der Waals surface area contributed by atoms with Gasteiger partial charge in [0.1, 0.15) is 34.4 Å². The SMILES string of the molecule is Cc1cc(C(=O)NS(C)(=O)=O)c(F)cc1-c1cnc(O[C@H](C)c2c(F)cc(F)cc2F)c(Cl)c1. The molecule has 0 aliphatic carbocycles. The zero-order valence-electron chi connectivity index (χ0n) is 17.9. The number of aromatic nitrogens is 1. The summed E-state index contributed by atoms with van der Waals surface area (Å²) in [7, 11) is -3.88. The highest BCUT2D eigenvalue weighted by molar-refractivity contribution is 7.89. The van der Waals surface area contributed by atoms with Crippen molar-refractivity contribution in [1.82, 2.24) is 9.71 Å². The first-order valence-electron chi connectivity index (χ1n) is 9.56. The average molecular weight is 517 g/mol. The fourth-order valence-corrected chi connectivity index (χ4v) is 3.87. The van der Waals surface area contributed by atoms with Crippen molar-refractivity contribution < 1.29 is 35.5 Å². The van der Waals surface area contributed by atoms with Crippen LogP contribution in [0.15, 0.2) is 36.5 Å². The summed E-state index contributed by atoms with van der Waals surface area (Å²) in [5.41, 5.74) is 0.0659. The van der Waals surface area contributed by atoms with Crippen molar-refractivity contribution in [3.8, 4) is 17.0 Å². The second kappa shape index (κ2) is 9.59. The molecule has 0 spiro atoms. The van der Waals surface area contributed by atoms with Gasteiger partial charge in [-0.15, -0.1) is 0 Å². The van der Waals surface area contributed by atoms with Gasteiger partial charge in [0.15, 0.2) is 0 Å². The summed E-state index contributed by atoms with van der Waals surface area (Å²) < 4.78 is 85.3. The number of pyridine rings is 1. The minimum Gasteiger partial charge on any atom is -0.468 e. The molecule has 2 aromatic carbocycles. The summed E-state index contributed by atoms with van der Waals surface area (Å²) in [5, 5.41) is -0.0639. The van der Waals surface area contributed by atoms with Crippen LogP contribution in [0.25, 0.3) is 11.1 Å². The lowest BCUT2D eigenvalue weighted by Crippen LogP contribution is -2.30. The number of hydrogen-bond donors (Lipinski definition) is 1. The number of halogens is 5. The maximum Gasteiger partial charge on any atom is 0.267 e. The van der Waals surface area contributed by atoms with E-state index in [1.165, 1.54) is 25.3 Å². The van der Waals surface area contributed by atoms with Gasteiger partial charge >= 0.3 is 0 Å². The number of carbonyl (C=O) groups is 1. The maximum atomic E-state index is 14.6. The number of rotatable bonds is 6. The van der Waals surface area contributed by atoms with Crippen molar-refractivity contribution >= 4 is 27.5 Å². The fourth-order valence-electron chi connectivity index (χ4n) is 3.22. The topological polar surface area (TPSA) is 85.4 Å². The molecule has 0 unspecified atom stereocenters. The Morgan fingerprint density at radius 3 is 2.24 bits per heavy atom. The molecule has 3 aromatic rings. The van der Waals surface area contributed by atoms with Gasteiger partial charge in [0.25, 0.3) is 5.91 Å². The van der Waals surface area contributed by atoms with Crippen LogP contribution in [0.5, 0.6) is 5.88 Å². The summed E-state index contributed by atoms with van der Waals surface area (Å²) >= 11 is 6.20. The number of nitrogens with zero attached hydrogens (tertiary/aromatic N) is 1. The van der Waals surface area contributed by atoms with E-state index in [0.29, 0.717) is 28.8 Å². The molecule has 180 valence electrons. The largest absolute Gasteiger partial charge is 0.468 e. The molecule has 0 bridgehead atoms. The molecule has 1 atom stereocenters. The summed E-state index contributed by atoms with van der Waals surface area (Å²) in [6, 6.07) is 4.60. The number of amides is 1. The molecule has 0 fully saturated rings. The second-order valence-corrected chi connectivity index (χ2v) is 9.56. The van der Waals surface area contributed by atoms with Crippen LogP contribution in [0.4, 0.5) is 17.6 Å². The van der Waals surface area contributed by atoms with E-state index in [9.17, 15) is 30.8 Å². The highest BCUT2D eigenvalue weighted by atomic mass is 35.5. The summed E-state index contributed by atoms with van der Waals surface area (Å²) in [4.78, 5) is 16.0. The van der Waals surface area contributed by atoms with Crippen molar-refractivity contribution in [1.29, 1.82) is 0 Å². The molecule has 0 saturated heterocycles. The Labute approximate surface area is 197 Å². The van der Waals surface area contributed by atoms with E-state index in [2.05, 4.69) is 4.98 Å². The van der Waals surface area contributed by atoms with Crippen LogP contribution in [0.2, 0.25) is 5.02 Å². The Balaban J connectivity index is 1.89. The molecule has 0 aliphatic heterocycles. The summed E-state index contributed by atoms with van der Waals surface area (Å²) in [6.07, 6.45) is 0.827. The van der Waals surface area contributed by atoms with Crippen molar-refractivity contribution in [3.63, 3.8) is 0 Å². The van der Waals surface area contributed by atoms with Gasteiger partial charge in [0.2, 0.25) is 15.9 Å². The van der Waals surface area contributed by atoms with Gasteiger partial charge in [0.05, 0.1) is 17.4 Å². The van der Waals surface area contributed by atoms with Crippen LogP contribution in [0, 0.1) is 30.2 Å². The Bertz CT molecular complexity index is 1380. The van der Waals surface area contributed by atoms with Gasteiger partial charge in [-0.3, -0.25) is 4.79 Å². The average Bonchev–Trinajstić information content (AvgIpc) is 2.68. The highest BCUT2D eigenvalue weighted by Crippen LogP contribution is 2.34. The van der Waals surface area contributed by atoms with Crippen LogP contribution in [-0.4, -0.2) is 25.6 Å². The number of ether oxygens (including phenoxy) is 1. The Morgan fingerprint density at radius 1 is 1.06 bits per heavy atom. The normalized spacial score (nSPS) is 12.4. The third kappa shape index (κ3) is 5.65. The lowest BCUT2D eigenvalue weighted by molar-refractivity contribution is 0.0977. The lowest BCUT2D eigenvalue weighted by atomic mass is 9.99. The summed E-state index contributed by atoms with van der Waals surface area (Å²) in [6.45, 7) is 2.89. The molecule has 1 amide bonds. The van der Waals surface area contributed by atoms with Crippen LogP contribution < -0.4 is 9.46 Å². The molecule has 3 rings (SSSR count). The minimum atomic E-state index is -3.88. The molecule has 1 N–H and O–H groups in total. The van der Waals surface area contributed by atoms with Gasteiger partial charge in [-0.2, -0.15) is 0 Å². The van der Waals surface area contributed by atoms with Gasteiger partial charge in [0, 0.05) is 23.9 Å². The minimum absolute atomic E-state index is 0.0639. The molecule has 0 saturated carbocycles. The van der Waals surface area contributed by atoms with Crippen LogP contribution in [-0.2, 0) is 10.0 Å². The van der Waals surface area contributed by atoms with Gasteiger partial charge in [-0.05, 0) is 43.2 Å². The fraction of sp³-hybridized carbons (Fsp3) is 0.182. The first-order valence-corrected chi connectivity index (χ1v) is 11.8. The Hall–Kier alpha value is -3.18. The number of benzene rings is 2. The molecule has 1 aromatic heterocycles. The molecular formula is C22H17ClF4N2O4S. The molecular weight excluding hydrogens is 500 g/mol. The number of nitrogens with one attached hydrogen (secondary N) is 1. The molecule has 34 heavy (non-hydrogen) atoms. The van der Waals surface area contributed by atoms with Crippen LogP contribution in [0.1, 0.15) is 34.5 Å². The standard InChI is InChI=1S/C22H17ClF4N2O4S/c1-10-4-15(21(30)29-34(3,31)32)17(25)8-14(10)12-5-16(23)22(28-9-12)33-11(2)20-18(26)6-13(24)7-19(20)27/h4-9,11H,1-3H3,(H,29,30)/t11-/m1/s1. The Kier molecular flexibility index (Phi) is 7.18. The third-order valence-electron chi connectivity index (χ3n) is 4.69. The van der Waals surface area contributed by atoms with Crippen molar-refractivity contribution in [2.75, 3.05) is 6.26 Å². The molecule has 0 radical (unpaired) electrons. The summed E-state index contributed by atoms with van der Waals surface area (Å²) in [5.74, 6) is -5.62. The zero-order chi connectivity index (χ0) is 25.4. The predicted molar refractivity (Wildman–Crippen MR) is 117 cm³/mol. The van der Waals surface area contributed by atoms with E-state index < -0.39 is 56.4 Å². The molecule has 0 aliphatic rings. The zero-order valence-corrected chi connectivity index (χ0v) is 19.5. The van der Waals surface area contributed by atoms with Gasteiger partial charge < -0.3 is 4.74 Å². The van der Waals surface area contributed by atoms with Crippen molar-refractivity contribution in [2.24, 2.45) is 0 Å². The number of hydrogen-bond acceptors (Lipinski definition) is 5. The van der Waals surface area contributed by atoms with Gasteiger partial charge in [-0.1, -0.05) is 11.6 Å². The number of carbonyl (C=O) groups excluding carboxylic acids is 1. The van der Waals surface area contributed by atoms with Crippen LogP contribution >= 0.6 is 11.6 Å². The molecule has 12 heteroatoms.